The van der Waals surface area contributed by atoms with Crippen LogP contribution in [0.5, 0.6) is 0 Å². The summed E-state index contributed by atoms with van der Waals surface area (Å²) in [6.07, 6.45) is 4.63. The van der Waals surface area contributed by atoms with E-state index in [9.17, 15) is 22.8 Å². The van der Waals surface area contributed by atoms with Crippen molar-refractivity contribution in [3.05, 3.63) is 59.4 Å². The number of hydrogen-bond donors (Lipinski definition) is 0. The van der Waals surface area contributed by atoms with Crippen LogP contribution in [-0.4, -0.2) is 81.4 Å². The van der Waals surface area contributed by atoms with E-state index < -0.39 is 28.7 Å². The normalized spacial score (nSPS) is 17.4. The molecule has 43 heavy (non-hydrogen) atoms. The average molecular weight is 615 g/mol. The van der Waals surface area contributed by atoms with E-state index in [0.717, 1.165) is 88.3 Å². The maximum Gasteiger partial charge on any atom is 0.417 e. The molecule has 0 unspecified atom stereocenters. The molecule has 0 atom stereocenters. The highest BCUT2D eigenvalue weighted by Gasteiger charge is 2.49. The van der Waals surface area contributed by atoms with Crippen LogP contribution in [0.25, 0.3) is 0 Å². The summed E-state index contributed by atoms with van der Waals surface area (Å²) in [5.74, 6) is -0.333. The average Bonchev–Trinajstić information content (AvgIpc) is 3.16. The lowest BCUT2D eigenvalue weighted by Gasteiger charge is -2.34. The first-order chi connectivity index (χ1) is 20.4. The summed E-state index contributed by atoms with van der Waals surface area (Å²) < 4.78 is 40.5. The SMILES string of the molecule is CC1(C)C(=O)N(c2ccc(C#N)c(C(F)(F)F)c2)C(=S)N1CCCCCCCCN1CCN(C(=O)c2ccncc2)CC1. The molecule has 0 bridgehead atoms. The van der Waals surface area contributed by atoms with Crippen LogP contribution in [-0.2, 0) is 11.0 Å². The molecule has 2 amide bonds. The molecule has 2 aliphatic heterocycles. The van der Waals surface area contributed by atoms with Gasteiger partial charge >= 0.3 is 6.18 Å². The van der Waals surface area contributed by atoms with E-state index in [4.69, 9.17) is 17.5 Å². The molecule has 0 radical (unpaired) electrons. The lowest BCUT2D eigenvalue weighted by molar-refractivity contribution is -0.137. The number of benzene rings is 1. The maximum absolute atomic E-state index is 13.5. The highest BCUT2D eigenvalue weighted by molar-refractivity contribution is 7.80. The van der Waals surface area contributed by atoms with Gasteiger partial charge in [-0.2, -0.15) is 18.4 Å². The van der Waals surface area contributed by atoms with Crippen molar-refractivity contribution in [3.8, 4) is 6.07 Å². The van der Waals surface area contributed by atoms with Gasteiger partial charge in [-0.15, -0.1) is 0 Å². The Labute approximate surface area is 256 Å². The standard InChI is InChI=1S/C31H37F3N6O2S/c1-30(2)28(42)40(25-10-9-24(22-35)26(21-25)31(32,33)34)29(43)39(30)16-8-6-4-3-5-7-15-37-17-19-38(20-18-37)27(41)23-11-13-36-14-12-23/h9-14,21H,3-8,15-20H2,1-2H3. The Hall–Kier alpha value is -3.56. The zero-order chi connectivity index (χ0) is 31.2. The van der Waals surface area contributed by atoms with Gasteiger partial charge in [-0.25, -0.2) is 0 Å². The summed E-state index contributed by atoms with van der Waals surface area (Å²) in [6, 6.07) is 8.29. The first kappa shape index (κ1) is 32.4. The van der Waals surface area contributed by atoms with Crippen LogP contribution < -0.4 is 4.90 Å². The van der Waals surface area contributed by atoms with Gasteiger partial charge in [-0.1, -0.05) is 25.7 Å². The van der Waals surface area contributed by atoms with E-state index >= 15 is 0 Å². The molecule has 230 valence electrons. The molecule has 2 aliphatic rings. The van der Waals surface area contributed by atoms with Crippen molar-refractivity contribution < 1.29 is 22.8 Å². The molecule has 2 saturated heterocycles. The summed E-state index contributed by atoms with van der Waals surface area (Å²) in [5, 5.41) is 9.27. The summed E-state index contributed by atoms with van der Waals surface area (Å²) in [4.78, 5) is 37.1. The van der Waals surface area contributed by atoms with Gasteiger partial charge in [0.25, 0.3) is 11.8 Å². The number of thiocarbonyl (C=S) groups is 1. The molecule has 0 saturated carbocycles. The number of halogens is 3. The summed E-state index contributed by atoms with van der Waals surface area (Å²) >= 11 is 5.57. The second-order valence-corrected chi connectivity index (χ2v) is 11.8. The second-order valence-electron chi connectivity index (χ2n) is 11.5. The van der Waals surface area contributed by atoms with Crippen molar-refractivity contribution in [2.75, 3.05) is 44.2 Å². The number of rotatable bonds is 11. The van der Waals surface area contributed by atoms with E-state index in [1.165, 1.54) is 6.07 Å². The molecule has 3 heterocycles. The van der Waals surface area contributed by atoms with Gasteiger partial charge < -0.3 is 9.80 Å². The number of piperazine rings is 1. The third-order valence-electron chi connectivity index (χ3n) is 8.20. The van der Waals surface area contributed by atoms with Gasteiger partial charge in [-0.3, -0.25) is 24.4 Å². The van der Waals surface area contributed by atoms with Gasteiger partial charge in [0.2, 0.25) is 0 Å². The molecule has 0 N–H and O–H groups in total. The minimum Gasteiger partial charge on any atom is -0.336 e. The minimum atomic E-state index is -4.73. The van der Waals surface area contributed by atoms with Crippen LogP contribution >= 0.6 is 12.2 Å². The Kier molecular flexibility index (Phi) is 10.4. The van der Waals surface area contributed by atoms with E-state index in [-0.39, 0.29) is 16.7 Å². The van der Waals surface area contributed by atoms with Gasteiger partial charge in [0.1, 0.15) is 5.54 Å². The van der Waals surface area contributed by atoms with E-state index in [1.54, 1.807) is 49.3 Å². The topological polar surface area (TPSA) is 83.8 Å². The fourth-order valence-corrected chi connectivity index (χ4v) is 6.11. The van der Waals surface area contributed by atoms with Crippen LogP contribution in [0.15, 0.2) is 42.7 Å². The summed E-state index contributed by atoms with van der Waals surface area (Å²) in [5.41, 5.74) is -1.89. The molecule has 1 aromatic heterocycles. The predicted octanol–water partition coefficient (Wildman–Crippen LogP) is 5.48. The lowest BCUT2D eigenvalue weighted by Crippen LogP contribution is -2.48. The fourth-order valence-electron chi connectivity index (χ4n) is 5.61. The minimum absolute atomic E-state index is 0.0126. The molecule has 2 aromatic rings. The summed E-state index contributed by atoms with van der Waals surface area (Å²) in [6.45, 7) is 8.19. The van der Waals surface area contributed by atoms with Crippen LogP contribution in [0.4, 0.5) is 18.9 Å². The number of aromatic nitrogens is 1. The zero-order valence-electron chi connectivity index (χ0n) is 24.6. The fraction of sp³-hybridized carbons (Fsp3) is 0.516. The van der Waals surface area contributed by atoms with Crippen molar-refractivity contribution in [1.82, 2.24) is 19.7 Å². The summed E-state index contributed by atoms with van der Waals surface area (Å²) in [7, 11) is 0. The van der Waals surface area contributed by atoms with Gasteiger partial charge in [0, 0.05) is 50.7 Å². The van der Waals surface area contributed by atoms with Crippen LogP contribution in [0, 0.1) is 11.3 Å². The van der Waals surface area contributed by atoms with Crippen molar-refractivity contribution >= 4 is 34.8 Å². The van der Waals surface area contributed by atoms with Crippen LogP contribution in [0.3, 0.4) is 0 Å². The number of alkyl halides is 3. The second kappa shape index (κ2) is 13.8. The Morgan fingerprint density at radius 1 is 0.977 bits per heavy atom. The Morgan fingerprint density at radius 2 is 1.58 bits per heavy atom. The Balaban J connectivity index is 1.16. The highest BCUT2D eigenvalue weighted by Crippen LogP contribution is 2.38. The van der Waals surface area contributed by atoms with Crippen molar-refractivity contribution in [2.24, 2.45) is 0 Å². The molecule has 0 spiro atoms. The third kappa shape index (κ3) is 7.51. The number of pyridine rings is 1. The molecule has 1 aromatic carbocycles. The number of hydrogen-bond acceptors (Lipinski definition) is 6. The van der Waals surface area contributed by atoms with Crippen LogP contribution in [0.2, 0.25) is 0 Å². The first-order valence-electron chi connectivity index (χ1n) is 14.6. The van der Waals surface area contributed by atoms with E-state index in [0.29, 0.717) is 12.1 Å². The monoisotopic (exact) mass is 614 g/mol. The lowest BCUT2D eigenvalue weighted by atomic mass is 10.0. The van der Waals surface area contributed by atoms with Gasteiger partial charge in [0.05, 0.1) is 22.9 Å². The third-order valence-corrected chi connectivity index (χ3v) is 8.61. The highest BCUT2D eigenvalue weighted by atomic mass is 32.1. The molecule has 12 heteroatoms. The molecular weight excluding hydrogens is 577 g/mol. The number of nitriles is 1. The van der Waals surface area contributed by atoms with Crippen molar-refractivity contribution in [1.29, 1.82) is 5.26 Å². The van der Waals surface area contributed by atoms with Crippen molar-refractivity contribution in [2.45, 2.75) is 64.1 Å². The van der Waals surface area contributed by atoms with Crippen molar-refractivity contribution in [3.63, 3.8) is 0 Å². The van der Waals surface area contributed by atoms with Crippen LogP contribution in [0.1, 0.15) is 73.9 Å². The number of anilines is 1. The maximum atomic E-state index is 13.5. The number of carbonyl (C=O) groups is 2. The molecule has 8 nitrogen and oxygen atoms in total. The number of unbranched alkanes of at least 4 members (excludes halogenated alkanes) is 5. The number of amides is 2. The van der Waals surface area contributed by atoms with Gasteiger partial charge in [-0.05, 0) is 75.8 Å². The Morgan fingerprint density at radius 3 is 2.19 bits per heavy atom. The molecule has 4 rings (SSSR count). The van der Waals surface area contributed by atoms with E-state index in [1.807, 2.05) is 4.90 Å². The molecular formula is C31H37F3N6O2S. The molecule has 0 aliphatic carbocycles. The Bertz CT molecular complexity index is 1350. The molecule has 2 fully saturated rings. The number of nitrogens with zero attached hydrogens (tertiary/aromatic N) is 6. The van der Waals surface area contributed by atoms with E-state index in [2.05, 4.69) is 9.88 Å². The zero-order valence-corrected chi connectivity index (χ0v) is 25.4. The smallest absolute Gasteiger partial charge is 0.336 e. The first-order valence-corrected chi connectivity index (χ1v) is 15.0. The largest absolute Gasteiger partial charge is 0.417 e. The predicted molar refractivity (Wildman–Crippen MR) is 161 cm³/mol. The van der Waals surface area contributed by atoms with Gasteiger partial charge in [0.15, 0.2) is 5.11 Å². The number of carbonyl (C=O) groups excluding carboxylic acids is 2. The quantitative estimate of drug-likeness (QED) is 0.245.